The Morgan fingerprint density at radius 2 is 1.76 bits per heavy atom. The van der Waals surface area contributed by atoms with Crippen LogP contribution in [0.2, 0.25) is 0 Å². The third kappa shape index (κ3) is 2.33. The SMILES string of the molecule is COC1(OC)C(=O)[C@H]2C=C(C3OCC(C)(C)CO3)[C@@H]1[C@@H]1OC(=O)C[C@@H]12. The highest BCUT2D eigenvalue weighted by Gasteiger charge is 2.68. The zero-order valence-corrected chi connectivity index (χ0v) is 14.9. The number of hydrogen-bond acceptors (Lipinski definition) is 7. The first-order valence-electron chi connectivity index (χ1n) is 8.62. The summed E-state index contributed by atoms with van der Waals surface area (Å²) in [5.74, 6) is -3.17. The smallest absolute Gasteiger partial charge is 0.306 e. The highest BCUT2D eigenvalue weighted by atomic mass is 16.7. The summed E-state index contributed by atoms with van der Waals surface area (Å²) in [7, 11) is 2.88. The van der Waals surface area contributed by atoms with Gasteiger partial charge in [-0.2, -0.15) is 0 Å². The lowest BCUT2D eigenvalue weighted by atomic mass is 9.59. The third-order valence-corrected chi connectivity index (χ3v) is 5.80. The molecule has 0 aromatic rings. The van der Waals surface area contributed by atoms with Gasteiger partial charge < -0.3 is 23.7 Å². The number of ether oxygens (including phenoxy) is 5. The number of hydrogen-bond donors (Lipinski definition) is 0. The summed E-state index contributed by atoms with van der Waals surface area (Å²) in [5, 5.41) is 0. The van der Waals surface area contributed by atoms with Crippen LogP contribution in [0.5, 0.6) is 0 Å². The molecule has 0 unspecified atom stereocenters. The normalized spacial score (nSPS) is 39.1. The molecule has 2 saturated heterocycles. The molecular formula is C18H24O7. The molecule has 2 bridgehead atoms. The van der Waals surface area contributed by atoms with Crippen LogP contribution in [0.1, 0.15) is 20.3 Å². The van der Waals surface area contributed by atoms with E-state index in [1.165, 1.54) is 14.2 Å². The first kappa shape index (κ1) is 17.1. The molecule has 5 rings (SSSR count). The van der Waals surface area contributed by atoms with Crippen LogP contribution in [-0.4, -0.2) is 57.4 Å². The number of carbonyl (C=O) groups is 2. The van der Waals surface area contributed by atoms with Gasteiger partial charge >= 0.3 is 5.97 Å². The molecule has 0 N–H and O–H groups in total. The van der Waals surface area contributed by atoms with E-state index in [4.69, 9.17) is 23.7 Å². The maximum absolute atomic E-state index is 13.0. The van der Waals surface area contributed by atoms with Crippen molar-refractivity contribution in [1.82, 2.24) is 0 Å². The maximum atomic E-state index is 13.0. The standard InChI is InChI=1S/C18H24O7/c1-17(2)7-23-16(24-8-17)11-5-10-9-6-12(19)25-14(9)13(11)18(21-3,22-4)15(10)20/h5,9-10,13-14,16H,6-8H2,1-4H3/t9-,10+,13-,14-/m1/s1. The average molecular weight is 352 g/mol. The molecule has 25 heavy (non-hydrogen) atoms. The number of methoxy groups -OCH3 is 2. The summed E-state index contributed by atoms with van der Waals surface area (Å²) in [6, 6.07) is 0. The maximum Gasteiger partial charge on any atom is 0.306 e. The number of esters is 1. The largest absolute Gasteiger partial charge is 0.461 e. The molecule has 5 aliphatic rings. The number of Topliss-reactive ketones (excluding diaryl/α,β-unsaturated/α-hetero) is 1. The summed E-state index contributed by atoms with van der Waals surface area (Å²) in [6.45, 7) is 5.22. The van der Waals surface area contributed by atoms with Gasteiger partial charge in [-0.15, -0.1) is 0 Å². The van der Waals surface area contributed by atoms with Crippen molar-refractivity contribution in [3.8, 4) is 0 Å². The van der Waals surface area contributed by atoms with E-state index in [1.807, 2.05) is 6.08 Å². The molecule has 1 saturated carbocycles. The van der Waals surface area contributed by atoms with Crippen molar-refractivity contribution in [1.29, 1.82) is 0 Å². The second-order valence-electron chi connectivity index (χ2n) is 8.05. The lowest BCUT2D eigenvalue weighted by Crippen LogP contribution is -2.66. The molecule has 4 atom stereocenters. The molecule has 3 fully saturated rings. The van der Waals surface area contributed by atoms with Gasteiger partial charge in [0.1, 0.15) is 6.10 Å². The van der Waals surface area contributed by atoms with Crippen molar-refractivity contribution in [3.05, 3.63) is 11.6 Å². The fourth-order valence-corrected chi connectivity index (χ4v) is 4.61. The van der Waals surface area contributed by atoms with E-state index in [2.05, 4.69) is 13.8 Å². The minimum Gasteiger partial charge on any atom is -0.461 e. The van der Waals surface area contributed by atoms with E-state index >= 15 is 0 Å². The number of carbonyl (C=O) groups excluding carboxylic acids is 2. The van der Waals surface area contributed by atoms with Crippen LogP contribution < -0.4 is 0 Å². The number of fused-ring (bicyclic) bond motifs is 1. The first-order chi connectivity index (χ1) is 11.8. The molecule has 0 amide bonds. The minimum absolute atomic E-state index is 0.0669. The van der Waals surface area contributed by atoms with Crippen LogP contribution >= 0.6 is 0 Å². The molecule has 2 aliphatic heterocycles. The van der Waals surface area contributed by atoms with Gasteiger partial charge in [-0.05, 0) is 5.57 Å². The topological polar surface area (TPSA) is 80.3 Å². The Morgan fingerprint density at radius 1 is 1.12 bits per heavy atom. The quantitative estimate of drug-likeness (QED) is 0.427. The van der Waals surface area contributed by atoms with E-state index in [1.54, 1.807) is 0 Å². The average Bonchev–Trinajstić information content (AvgIpc) is 2.97. The molecule has 0 aromatic heterocycles. The Morgan fingerprint density at radius 3 is 2.36 bits per heavy atom. The highest BCUT2D eigenvalue weighted by molar-refractivity contribution is 5.94. The van der Waals surface area contributed by atoms with Crippen molar-refractivity contribution in [3.63, 3.8) is 0 Å². The predicted octanol–water partition coefficient (Wildman–Crippen LogP) is 1.06. The van der Waals surface area contributed by atoms with E-state index in [9.17, 15) is 9.59 Å². The summed E-state index contributed by atoms with van der Waals surface area (Å²) < 4.78 is 28.5. The molecule has 7 nitrogen and oxygen atoms in total. The van der Waals surface area contributed by atoms with E-state index in [0.717, 1.165) is 5.57 Å². The molecule has 2 heterocycles. The summed E-state index contributed by atoms with van der Waals surface area (Å²) in [4.78, 5) is 24.9. The second kappa shape index (κ2) is 5.61. The van der Waals surface area contributed by atoms with E-state index in [-0.39, 0.29) is 29.5 Å². The number of rotatable bonds is 3. The number of allylic oxidation sites excluding steroid dienone is 1. The Hall–Kier alpha value is -1.28. The van der Waals surface area contributed by atoms with Crippen LogP contribution in [0.25, 0.3) is 0 Å². The summed E-state index contributed by atoms with van der Waals surface area (Å²) in [6.07, 6.45) is 1.08. The molecule has 0 aromatic carbocycles. The fourth-order valence-electron chi connectivity index (χ4n) is 4.61. The zero-order chi connectivity index (χ0) is 18.0. The van der Waals surface area contributed by atoms with Crippen LogP contribution in [0.4, 0.5) is 0 Å². The Kier molecular flexibility index (Phi) is 3.85. The molecule has 3 aliphatic carbocycles. The minimum atomic E-state index is -1.47. The lowest BCUT2D eigenvalue weighted by molar-refractivity contribution is -0.269. The van der Waals surface area contributed by atoms with Crippen molar-refractivity contribution in [2.45, 2.75) is 38.4 Å². The van der Waals surface area contributed by atoms with Gasteiger partial charge in [0.25, 0.3) is 0 Å². The predicted molar refractivity (Wildman–Crippen MR) is 84.3 cm³/mol. The van der Waals surface area contributed by atoms with E-state index < -0.39 is 30.0 Å². The van der Waals surface area contributed by atoms with Crippen molar-refractivity contribution in [2.75, 3.05) is 27.4 Å². The number of ketones is 1. The van der Waals surface area contributed by atoms with Crippen LogP contribution in [0.3, 0.4) is 0 Å². The fraction of sp³-hybridized carbons (Fsp3) is 0.778. The monoisotopic (exact) mass is 352 g/mol. The highest BCUT2D eigenvalue weighted by Crippen LogP contribution is 2.55. The Labute approximate surface area is 146 Å². The van der Waals surface area contributed by atoms with Crippen molar-refractivity contribution >= 4 is 11.8 Å². The van der Waals surface area contributed by atoms with Crippen molar-refractivity contribution in [2.24, 2.45) is 23.2 Å². The zero-order valence-electron chi connectivity index (χ0n) is 14.9. The van der Waals surface area contributed by atoms with Crippen molar-refractivity contribution < 1.29 is 33.3 Å². The molecular weight excluding hydrogens is 328 g/mol. The molecule has 138 valence electrons. The van der Waals surface area contributed by atoms with Gasteiger partial charge in [-0.1, -0.05) is 19.9 Å². The van der Waals surface area contributed by atoms with Gasteiger partial charge in [-0.25, -0.2) is 0 Å². The summed E-state index contributed by atoms with van der Waals surface area (Å²) in [5.41, 5.74) is 0.711. The molecule has 0 radical (unpaired) electrons. The second-order valence-corrected chi connectivity index (χ2v) is 8.05. The van der Waals surface area contributed by atoms with Crippen LogP contribution in [0.15, 0.2) is 11.6 Å². The molecule has 0 spiro atoms. The third-order valence-electron chi connectivity index (χ3n) is 5.80. The van der Waals surface area contributed by atoms with Gasteiger partial charge in [-0.3, -0.25) is 9.59 Å². The van der Waals surface area contributed by atoms with Crippen LogP contribution in [-0.2, 0) is 33.3 Å². The van der Waals surface area contributed by atoms with Gasteiger partial charge in [0.2, 0.25) is 5.79 Å². The van der Waals surface area contributed by atoms with Crippen LogP contribution in [0, 0.1) is 23.2 Å². The Bertz CT molecular complexity index is 623. The summed E-state index contributed by atoms with van der Waals surface area (Å²) >= 11 is 0. The van der Waals surface area contributed by atoms with Gasteiger partial charge in [0, 0.05) is 31.5 Å². The van der Waals surface area contributed by atoms with Gasteiger partial charge in [0.15, 0.2) is 12.1 Å². The Balaban J connectivity index is 1.73. The first-order valence-corrected chi connectivity index (χ1v) is 8.62. The lowest BCUT2D eigenvalue weighted by Gasteiger charge is -2.53. The van der Waals surface area contributed by atoms with Gasteiger partial charge in [0.05, 0.1) is 25.6 Å². The molecule has 7 heteroatoms. The van der Waals surface area contributed by atoms with E-state index in [0.29, 0.717) is 13.2 Å².